The number of hydrogen-bond donors (Lipinski definition) is 1. The summed E-state index contributed by atoms with van der Waals surface area (Å²) in [5, 5.41) is 7.11. The highest BCUT2D eigenvalue weighted by atomic mass is 32.1. The zero-order valence-electron chi connectivity index (χ0n) is 14.7. The summed E-state index contributed by atoms with van der Waals surface area (Å²) in [6.07, 6.45) is 0. The van der Waals surface area contributed by atoms with E-state index >= 15 is 0 Å². The quantitative estimate of drug-likeness (QED) is 0.887. The number of nitrogens with one attached hydrogen (secondary N) is 1. The van der Waals surface area contributed by atoms with Crippen molar-refractivity contribution < 1.29 is 9.18 Å². The van der Waals surface area contributed by atoms with E-state index in [2.05, 4.69) is 31.9 Å². The number of thiophene rings is 1. The van der Waals surface area contributed by atoms with Crippen molar-refractivity contribution in [3.05, 3.63) is 52.0 Å². The van der Waals surface area contributed by atoms with Gasteiger partial charge in [-0.15, -0.1) is 0 Å². The van der Waals surface area contributed by atoms with Crippen molar-refractivity contribution in [3.63, 3.8) is 0 Å². The SMILES string of the molecule is Cc1ccc(NC(=O)[C@H](C)N2CCN(Cc3ccsc3)CC2)cc1F. The van der Waals surface area contributed by atoms with Crippen molar-refractivity contribution in [1.82, 2.24) is 9.80 Å². The van der Waals surface area contributed by atoms with Gasteiger partial charge in [0.2, 0.25) is 5.91 Å². The van der Waals surface area contributed by atoms with Crippen molar-refractivity contribution in [3.8, 4) is 0 Å². The third kappa shape index (κ3) is 4.66. The van der Waals surface area contributed by atoms with Crippen molar-refractivity contribution in [1.29, 1.82) is 0 Å². The Morgan fingerprint density at radius 3 is 2.68 bits per heavy atom. The number of nitrogens with zero attached hydrogens (tertiary/aromatic N) is 2. The maximum atomic E-state index is 13.6. The molecule has 2 aromatic rings. The van der Waals surface area contributed by atoms with Gasteiger partial charge in [-0.1, -0.05) is 6.07 Å². The number of anilines is 1. The zero-order chi connectivity index (χ0) is 17.8. The predicted octanol–water partition coefficient (Wildman–Crippen LogP) is 3.34. The molecule has 0 radical (unpaired) electrons. The molecule has 25 heavy (non-hydrogen) atoms. The second kappa shape index (κ2) is 8.08. The van der Waals surface area contributed by atoms with Crippen LogP contribution in [0.3, 0.4) is 0 Å². The lowest BCUT2D eigenvalue weighted by Crippen LogP contribution is -2.52. The van der Waals surface area contributed by atoms with E-state index in [1.807, 2.05) is 6.92 Å². The standard InChI is InChI=1S/C19H24FN3OS/c1-14-3-4-17(11-18(14)20)21-19(24)15(2)23-8-6-22(7-9-23)12-16-5-10-25-13-16/h3-5,10-11,13,15H,6-9,12H2,1-2H3,(H,21,24)/t15-/m0/s1. The van der Waals surface area contributed by atoms with Crippen molar-refractivity contribution in [2.75, 3.05) is 31.5 Å². The van der Waals surface area contributed by atoms with Crippen LogP contribution in [0.25, 0.3) is 0 Å². The summed E-state index contributed by atoms with van der Waals surface area (Å²) < 4.78 is 13.6. The third-order valence-electron chi connectivity index (χ3n) is 4.76. The lowest BCUT2D eigenvalue weighted by atomic mass is 10.2. The van der Waals surface area contributed by atoms with Crippen LogP contribution in [-0.4, -0.2) is 47.9 Å². The molecule has 4 nitrogen and oxygen atoms in total. The van der Waals surface area contributed by atoms with Crippen molar-refractivity contribution in [2.24, 2.45) is 0 Å². The summed E-state index contributed by atoms with van der Waals surface area (Å²) in [7, 11) is 0. The monoisotopic (exact) mass is 361 g/mol. The first-order valence-electron chi connectivity index (χ1n) is 8.57. The van der Waals surface area contributed by atoms with E-state index in [1.54, 1.807) is 30.4 Å². The van der Waals surface area contributed by atoms with E-state index in [4.69, 9.17) is 0 Å². The van der Waals surface area contributed by atoms with Crippen LogP contribution in [0.1, 0.15) is 18.1 Å². The summed E-state index contributed by atoms with van der Waals surface area (Å²) in [5.41, 5.74) is 2.44. The number of hydrogen-bond acceptors (Lipinski definition) is 4. The first kappa shape index (κ1) is 18.0. The van der Waals surface area contributed by atoms with Gasteiger partial charge < -0.3 is 5.32 Å². The van der Waals surface area contributed by atoms with Gasteiger partial charge in [-0.05, 0) is 53.9 Å². The highest BCUT2D eigenvalue weighted by Crippen LogP contribution is 2.16. The van der Waals surface area contributed by atoms with Gasteiger partial charge in [0.05, 0.1) is 6.04 Å². The molecule has 3 rings (SSSR count). The van der Waals surface area contributed by atoms with Gasteiger partial charge >= 0.3 is 0 Å². The van der Waals surface area contributed by atoms with Gasteiger partial charge in [0.25, 0.3) is 0 Å². The Kier molecular flexibility index (Phi) is 5.83. The second-order valence-electron chi connectivity index (χ2n) is 6.57. The maximum Gasteiger partial charge on any atom is 0.241 e. The molecule has 0 saturated carbocycles. The van der Waals surface area contributed by atoms with Crippen LogP contribution in [0.4, 0.5) is 10.1 Å². The van der Waals surface area contributed by atoms with Crippen LogP contribution in [0.2, 0.25) is 0 Å². The van der Waals surface area contributed by atoms with Gasteiger partial charge in [0.15, 0.2) is 0 Å². The normalized spacial score (nSPS) is 17.4. The highest BCUT2D eigenvalue weighted by Gasteiger charge is 2.25. The number of piperazine rings is 1. The summed E-state index contributed by atoms with van der Waals surface area (Å²) in [6, 6.07) is 6.72. The lowest BCUT2D eigenvalue weighted by molar-refractivity contribution is -0.121. The number of carbonyl (C=O) groups excluding carboxylic acids is 1. The summed E-state index contributed by atoms with van der Waals surface area (Å²) in [5.74, 6) is -0.387. The average Bonchev–Trinajstić information content (AvgIpc) is 3.11. The largest absolute Gasteiger partial charge is 0.325 e. The van der Waals surface area contributed by atoms with Crippen molar-refractivity contribution in [2.45, 2.75) is 26.4 Å². The number of benzene rings is 1. The molecule has 0 unspecified atom stereocenters. The molecule has 1 aliphatic heterocycles. The molecule has 1 fully saturated rings. The molecule has 1 saturated heterocycles. The molecule has 1 aromatic heterocycles. The van der Waals surface area contributed by atoms with Crippen LogP contribution in [0, 0.1) is 12.7 Å². The van der Waals surface area contributed by atoms with Crippen LogP contribution in [0.15, 0.2) is 35.0 Å². The highest BCUT2D eigenvalue weighted by molar-refractivity contribution is 7.07. The van der Waals surface area contributed by atoms with Gasteiger partial charge in [-0.25, -0.2) is 4.39 Å². The van der Waals surface area contributed by atoms with E-state index in [0.717, 1.165) is 32.7 Å². The Balaban J connectivity index is 1.50. The molecule has 1 N–H and O–H groups in total. The molecule has 1 atom stereocenters. The summed E-state index contributed by atoms with van der Waals surface area (Å²) in [4.78, 5) is 17.1. The molecule has 1 aliphatic rings. The molecule has 0 spiro atoms. The number of amides is 1. The fraction of sp³-hybridized carbons (Fsp3) is 0.421. The Morgan fingerprint density at radius 1 is 1.28 bits per heavy atom. The first-order chi connectivity index (χ1) is 12.0. The Labute approximate surface area is 152 Å². The number of carbonyl (C=O) groups is 1. The Morgan fingerprint density at radius 2 is 2.04 bits per heavy atom. The molecule has 2 heterocycles. The van der Waals surface area contributed by atoms with Gasteiger partial charge in [0.1, 0.15) is 5.82 Å². The number of aryl methyl sites for hydroxylation is 1. The smallest absolute Gasteiger partial charge is 0.241 e. The first-order valence-corrected chi connectivity index (χ1v) is 9.51. The summed E-state index contributed by atoms with van der Waals surface area (Å²) >= 11 is 1.72. The zero-order valence-corrected chi connectivity index (χ0v) is 15.5. The van der Waals surface area contributed by atoms with E-state index < -0.39 is 0 Å². The number of rotatable bonds is 5. The maximum absolute atomic E-state index is 13.6. The molecule has 1 aromatic carbocycles. The minimum atomic E-state index is -0.299. The molecular formula is C19H24FN3OS. The predicted molar refractivity (Wildman–Crippen MR) is 100 cm³/mol. The molecule has 6 heteroatoms. The average molecular weight is 361 g/mol. The lowest BCUT2D eigenvalue weighted by Gasteiger charge is -2.37. The van der Waals surface area contributed by atoms with Crippen LogP contribution >= 0.6 is 11.3 Å². The topological polar surface area (TPSA) is 35.6 Å². The molecule has 134 valence electrons. The van der Waals surface area contributed by atoms with Gasteiger partial charge in [-0.2, -0.15) is 11.3 Å². The summed E-state index contributed by atoms with van der Waals surface area (Å²) in [6.45, 7) is 8.22. The minimum absolute atomic E-state index is 0.0884. The number of halogens is 1. The molecule has 0 bridgehead atoms. The van der Waals surface area contributed by atoms with Gasteiger partial charge in [0, 0.05) is 38.4 Å². The Hall–Kier alpha value is -1.76. The fourth-order valence-electron chi connectivity index (χ4n) is 3.03. The molecule has 0 aliphatic carbocycles. The van der Waals surface area contributed by atoms with Crippen LogP contribution in [-0.2, 0) is 11.3 Å². The van der Waals surface area contributed by atoms with E-state index in [9.17, 15) is 9.18 Å². The second-order valence-corrected chi connectivity index (χ2v) is 7.35. The molecular weight excluding hydrogens is 337 g/mol. The van der Waals surface area contributed by atoms with Crippen molar-refractivity contribution >= 4 is 22.9 Å². The minimum Gasteiger partial charge on any atom is -0.325 e. The third-order valence-corrected chi connectivity index (χ3v) is 5.49. The van der Waals surface area contributed by atoms with E-state index in [-0.39, 0.29) is 17.8 Å². The fourth-order valence-corrected chi connectivity index (χ4v) is 3.69. The van der Waals surface area contributed by atoms with Crippen LogP contribution in [0.5, 0.6) is 0 Å². The van der Waals surface area contributed by atoms with Crippen LogP contribution < -0.4 is 5.32 Å². The Bertz CT molecular complexity index is 711. The van der Waals surface area contributed by atoms with E-state index in [0.29, 0.717) is 11.3 Å². The van der Waals surface area contributed by atoms with E-state index in [1.165, 1.54) is 11.6 Å². The molecule has 1 amide bonds. The van der Waals surface area contributed by atoms with Gasteiger partial charge in [-0.3, -0.25) is 14.6 Å².